The van der Waals surface area contributed by atoms with Crippen LogP contribution in [0.2, 0.25) is 0 Å². The van der Waals surface area contributed by atoms with E-state index in [1.807, 2.05) is 6.92 Å². The maximum absolute atomic E-state index is 13.0. The zero-order valence-corrected chi connectivity index (χ0v) is 14.0. The topological polar surface area (TPSA) is 58.1 Å². The van der Waals surface area contributed by atoms with Crippen molar-refractivity contribution in [2.24, 2.45) is 0 Å². The van der Waals surface area contributed by atoms with E-state index in [4.69, 9.17) is 0 Å². The van der Waals surface area contributed by atoms with Crippen molar-refractivity contribution in [1.82, 2.24) is 15.1 Å². The molecular formula is C17H19F3N4O. The maximum Gasteiger partial charge on any atom is 0.418 e. The number of rotatable bonds is 6. The van der Waals surface area contributed by atoms with Gasteiger partial charge in [-0.15, -0.1) is 10.2 Å². The Bertz CT molecular complexity index is 717. The average Bonchev–Trinajstić information content (AvgIpc) is 2.59. The monoisotopic (exact) mass is 352 g/mol. The van der Waals surface area contributed by atoms with E-state index in [9.17, 15) is 18.0 Å². The van der Waals surface area contributed by atoms with Gasteiger partial charge in [0.25, 0.3) is 5.91 Å². The van der Waals surface area contributed by atoms with Crippen LogP contribution in [0.25, 0.3) is 0 Å². The second-order valence-electron chi connectivity index (χ2n) is 5.55. The van der Waals surface area contributed by atoms with Gasteiger partial charge < -0.3 is 10.2 Å². The fourth-order valence-electron chi connectivity index (χ4n) is 2.18. The van der Waals surface area contributed by atoms with E-state index < -0.39 is 11.7 Å². The number of aromatic nitrogens is 2. The predicted octanol–water partition coefficient (Wildman–Crippen LogP) is 4.11. The van der Waals surface area contributed by atoms with E-state index >= 15 is 0 Å². The molecule has 1 heterocycles. The molecule has 0 saturated carbocycles. The molecule has 0 radical (unpaired) electrons. The van der Waals surface area contributed by atoms with Crippen LogP contribution in [0.15, 0.2) is 36.4 Å². The number of amides is 1. The van der Waals surface area contributed by atoms with Crippen LogP contribution < -0.4 is 5.32 Å². The molecule has 134 valence electrons. The Kier molecular flexibility index (Phi) is 5.95. The zero-order chi connectivity index (χ0) is 18.4. The van der Waals surface area contributed by atoms with Crippen molar-refractivity contribution in [2.75, 3.05) is 18.9 Å². The Morgan fingerprint density at radius 2 is 1.88 bits per heavy atom. The molecule has 0 aliphatic rings. The Labute approximate surface area is 143 Å². The van der Waals surface area contributed by atoms with Crippen LogP contribution in [0.1, 0.15) is 35.8 Å². The molecule has 25 heavy (non-hydrogen) atoms. The first-order valence-corrected chi connectivity index (χ1v) is 7.85. The number of halogens is 3. The Morgan fingerprint density at radius 3 is 2.48 bits per heavy atom. The Morgan fingerprint density at radius 1 is 1.16 bits per heavy atom. The van der Waals surface area contributed by atoms with Crippen molar-refractivity contribution in [3.8, 4) is 0 Å². The third kappa shape index (κ3) is 4.91. The van der Waals surface area contributed by atoms with Crippen LogP contribution in [0, 0.1) is 0 Å². The Balaban J connectivity index is 2.13. The molecule has 0 bridgehead atoms. The van der Waals surface area contributed by atoms with E-state index in [1.54, 1.807) is 11.9 Å². The summed E-state index contributed by atoms with van der Waals surface area (Å²) in [6, 6.07) is 7.97. The highest BCUT2D eigenvalue weighted by Crippen LogP contribution is 2.35. The SMILES string of the molecule is CCCCN(C)C(=O)c1ccc(Nc2ccccc2C(F)(F)F)nn1. The number of nitrogens with one attached hydrogen (secondary N) is 1. The number of carbonyl (C=O) groups is 1. The minimum atomic E-state index is -4.48. The standard InChI is InChI=1S/C17H19F3N4O/c1-3-4-11-24(2)16(25)14-9-10-15(23-22-14)21-13-8-6-5-7-12(13)17(18,19)20/h5-10H,3-4,11H2,1-2H3,(H,21,23). The molecule has 0 unspecified atom stereocenters. The first kappa shape index (κ1) is 18.7. The van der Waals surface area contributed by atoms with Crippen LogP contribution >= 0.6 is 0 Å². The smallest absolute Gasteiger partial charge is 0.340 e. The number of hydrogen-bond donors (Lipinski definition) is 1. The molecule has 2 rings (SSSR count). The van der Waals surface area contributed by atoms with Gasteiger partial charge in [0.05, 0.1) is 11.3 Å². The second-order valence-corrected chi connectivity index (χ2v) is 5.55. The molecule has 5 nitrogen and oxygen atoms in total. The minimum Gasteiger partial charge on any atom is -0.340 e. The summed E-state index contributed by atoms with van der Waals surface area (Å²) in [6.45, 7) is 2.63. The zero-order valence-electron chi connectivity index (χ0n) is 14.0. The van der Waals surface area contributed by atoms with Crippen LogP contribution in [0.5, 0.6) is 0 Å². The lowest BCUT2D eigenvalue weighted by Crippen LogP contribution is -2.28. The van der Waals surface area contributed by atoms with E-state index in [1.165, 1.54) is 30.3 Å². The number of alkyl halides is 3. The van der Waals surface area contributed by atoms with Crippen molar-refractivity contribution in [3.63, 3.8) is 0 Å². The van der Waals surface area contributed by atoms with Gasteiger partial charge in [0, 0.05) is 13.6 Å². The van der Waals surface area contributed by atoms with Gasteiger partial charge in [-0.2, -0.15) is 13.2 Å². The lowest BCUT2D eigenvalue weighted by atomic mass is 10.1. The van der Waals surface area contributed by atoms with Gasteiger partial charge in [-0.3, -0.25) is 4.79 Å². The first-order chi connectivity index (χ1) is 11.8. The molecule has 0 fully saturated rings. The van der Waals surface area contributed by atoms with Crippen molar-refractivity contribution < 1.29 is 18.0 Å². The number of hydrogen-bond acceptors (Lipinski definition) is 4. The van der Waals surface area contributed by atoms with Crippen LogP contribution in [-0.4, -0.2) is 34.6 Å². The fourth-order valence-corrected chi connectivity index (χ4v) is 2.18. The van der Waals surface area contributed by atoms with Crippen molar-refractivity contribution in [1.29, 1.82) is 0 Å². The van der Waals surface area contributed by atoms with Gasteiger partial charge in [0.2, 0.25) is 0 Å². The quantitative estimate of drug-likeness (QED) is 0.850. The summed E-state index contributed by atoms with van der Waals surface area (Å²) < 4.78 is 39.0. The molecule has 1 aromatic carbocycles. The van der Waals surface area contributed by atoms with Gasteiger partial charge in [-0.05, 0) is 30.7 Å². The molecule has 8 heteroatoms. The summed E-state index contributed by atoms with van der Waals surface area (Å²) in [6.07, 6.45) is -2.64. The van der Waals surface area contributed by atoms with E-state index in [0.29, 0.717) is 6.54 Å². The van der Waals surface area contributed by atoms with Gasteiger partial charge in [-0.25, -0.2) is 0 Å². The molecule has 1 N–H and O–H groups in total. The van der Waals surface area contributed by atoms with Crippen LogP contribution in [0.3, 0.4) is 0 Å². The highest BCUT2D eigenvalue weighted by molar-refractivity contribution is 5.92. The van der Waals surface area contributed by atoms with Gasteiger partial charge in [0.1, 0.15) is 0 Å². The molecular weight excluding hydrogens is 333 g/mol. The van der Waals surface area contributed by atoms with Gasteiger partial charge >= 0.3 is 6.18 Å². The maximum atomic E-state index is 13.0. The molecule has 1 amide bonds. The minimum absolute atomic E-state index is 0.122. The largest absolute Gasteiger partial charge is 0.418 e. The van der Waals surface area contributed by atoms with Gasteiger partial charge in [-0.1, -0.05) is 25.5 Å². The second kappa shape index (κ2) is 7.96. The van der Waals surface area contributed by atoms with E-state index in [2.05, 4.69) is 15.5 Å². The van der Waals surface area contributed by atoms with Crippen molar-refractivity contribution in [3.05, 3.63) is 47.7 Å². The lowest BCUT2D eigenvalue weighted by Gasteiger charge is -2.16. The molecule has 2 aromatic rings. The summed E-state index contributed by atoms with van der Waals surface area (Å²) >= 11 is 0. The third-order valence-electron chi connectivity index (χ3n) is 3.57. The first-order valence-electron chi connectivity index (χ1n) is 7.85. The average molecular weight is 352 g/mol. The highest BCUT2D eigenvalue weighted by atomic mass is 19.4. The van der Waals surface area contributed by atoms with E-state index in [0.717, 1.165) is 18.9 Å². The number of benzene rings is 1. The summed E-state index contributed by atoms with van der Waals surface area (Å²) in [7, 11) is 1.67. The molecule has 0 aliphatic heterocycles. The predicted molar refractivity (Wildman–Crippen MR) is 88.6 cm³/mol. The van der Waals surface area contributed by atoms with Crippen molar-refractivity contribution in [2.45, 2.75) is 25.9 Å². The molecule has 1 aromatic heterocycles. The number of unbranched alkanes of at least 4 members (excludes halogenated alkanes) is 1. The van der Waals surface area contributed by atoms with E-state index in [-0.39, 0.29) is 23.1 Å². The van der Waals surface area contributed by atoms with Crippen LogP contribution in [0.4, 0.5) is 24.7 Å². The summed E-state index contributed by atoms with van der Waals surface area (Å²) in [5.41, 5.74) is -0.770. The highest BCUT2D eigenvalue weighted by Gasteiger charge is 2.33. The lowest BCUT2D eigenvalue weighted by molar-refractivity contribution is -0.136. The van der Waals surface area contributed by atoms with Crippen LogP contribution in [-0.2, 0) is 6.18 Å². The number of carbonyl (C=O) groups excluding carboxylic acids is 1. The summed E-state index contributed by atoms with van der Waals surface area (Å²) in [5.74, 6) is -0.146. The normalized spacial score (nSPS) is 11.2. The fraction of sp³-hybridized carbons (Fsp3) is 0.353. The van der Waals surface area contributed by atoms with Gasteiger partial charge in [0.15, 0.2) is 11.5 Å². The number of anilines is 2. The van der Waals surface area contributed by atoms with Crippen molar-refractivity contribution >= 4 is 17.4 Å². The summed E-state index contributed by atoms with van der Waals surface area (Å²) in [5, 5.41) is 10.2. The molecule has 0 atom stereocenters. The number of para-hydroxylation sites is 1. The third-order valence-corrected chi connectivity index (χ3v) is 3.57. The molecule has 0 saturated heterocycles. The molecule has 0 spiro atoms. The molecule has 0 aliphatic carbocycles. The Hall–Kier alpha value is -2.64. The number of nitrogens with zero attached hydrogens (tertiary/aromatic N) is 3. The summed E-state index contributed by atoms with van der Waals surface area (Å²) in [4.78, 5) is 13.7.